The number of nitrogens with zero attached hydrogens (tertiary/aromatic N) is 2. The van der Waals surface area contributed by atoms with Gasteiger partial charge in [0.15, 0.2) is 5.16 Å². The van der Waals surface area contributed by atoms with E-state index in [9.17, 15) is 4.79 Å². The lowest BCUT2D eigenvalue weighted by Crippen LogP contribution is -2.19. The third kappa shape index (κ3) is 5.04. The quantitative estimate of drug-likeness (QED) is 0.532. The van der Waals surface area contributed by atoms with Crippen molar-refractivity contribution < 1.29 is 9.84 Å². The van der Waals surface area contributed by atoms with Gasteiger partial charge in [-0.05, 0) is 12.0 Å². The van der Waals surface area contributed by atoms with Crippen molar-refractivity contribution in [2.45, 2.75) is 18.1 Å². The number of ether oxygens (including phenoxy) is 1. The van der Waals surface area contributed by atoms with E-state index in [2.05, 4.69) is 10.2 Å². The number of aromatic nitrogens is 3. The Labute approximate surface area is 127 Å². The van der Waals surface area contributed by atoms with E-state index in [4.69, 9.17) is 9.84 Å². The molecule has 0 saturated carbocycles. The molecule has 0 aliphatic heterocycles. The number of rotatable bonds is 9. The number of aryl methyl sites for hydroxylation is 1. The van der Waals surface area contributed by atoms with Crippen LogP contribution in [0.3, 0.4) is 0 Å². The number of aliphatic hydroxyl groups is 1. The first kappa shape index (κ1) is 15.8. The minimum atomic E-state index is -0.190. The summed E-state index contributed by atoms with van der Waals surface area (Å²) in [4.78, 5) is 11.8. The predicted octanol–water partition coefficient (Wildman–Crippen LogP) is 0.915. The Kier molecular flexibility index (Phi) is 6.52. The van der Waals surface area contributed by atoms with Crippen molar-refractivity contribution in [3.8, 4) is 0 Å². The molecule has 0 bridgehead atoms. The first-order valence-corrected chi connectivity index (χ1v) is 7.80. The number of nitrogens with one attached hydrogen (secondary N) is 1. The molecule has 0 radical (unpaired) electrons. The van der Waals surface area contributed by atoms with Gasteiger partial charge in [-0.3, -0.25) is 4.57 Å². The second-order valence-electron chi connectivity index (χ2n) is 4.38. The van der Waals surface area contributed by atoms with Crippen LogP contribution in [0.1, 0.15) is 5.56 Å². The number of thioether (sulfide) groups is 1. The molecule has 2 aromatic rings. The van der Waals surface area contributed by atoms with Crippen LogP contribution in [0.15, 0.2) is 40.3 Å². The van der Waals surface area contributed by atoms with E-state index < -0.39 is 0 Å². The van der Waals surface area contributed by atoms with Gasteiger partial charge in [0, 0.05) is 12.3 Å². The van der Waals surface area contributed by atoms with Crippen molar-refractivity contribution in [1.82, 2.24) is 14.8 Å². The molecule has 0 unspecified atom stereocenters. The standard InChI is InChI=1S/C14H19N3O3S/c18-8-9-20-10-11-21-14-16-15-13(19)17(14)7-6-12-4-2-1-3-5-12/h1-5,18H,6-11H2,(H,15,19). The normalized spacial score (nSPS) is 10.9. The molecule has 1 aromatic heterocycles. The van der Waals surface area contributed by atoms with Crippen LogP contribution in [0.4, 0.5) is 0 Å². The molecule has 0 amide bonds. The van der Waals surface area contributed by atoms with Crippen molar-refractivity contribution in [3.63, 3.8) is 0 Å². The average Bonchev–Trinajstić information content (AvgIpc) is 2.86. The highest BCUT2D eigenvalue weighted by molar-refractivity contribution is 7.99. The van der Waals surface area contributed by atoms with Gasteiger partial charge in [0.25, 0.3) is 0 Å². The van der Waals surface area contributed by atoms with Gasteiger partial charge in [0.2, 0.25) is 0 Å². The fourth-order valence-corrected chi connectivity index (χ4v) is 2.68. The van der Waals surface area contributed by atoms with Crippen molar-refractivity contribution in [2.24, 2.45) is 0 Å². The highest BCUT2D eigenvalue weighted by Gasteiger charge is 2.08. The van der Waals surface area contributed by atoms with Crippen molar-refractivity contribution >= 4 is 11.8 Å². The Hall–Kier alpha value is -1.57. The number of aromatic amines is 1. The highest BCUT2D eigenvalue weighted by Crippen LogP contribution is 2.13. The van der Waals surface area contributed by atoms with Gasteiger partial charge in [-0.25, -0.2) is 9.89 Å². The number of benzene rings is 1. The van der Waals surface area contributed by atoms with E-state index >= 15 is 0 Å². The van der Waals surface area contributed by atoms with Gasteiger partial charge in [-0.1, -0.05) is 42.1 Å². The molecule has 1 heterocycles. The summed E-state index contributed by atoms with van der Waals surface area (Å²) in [7, 11) is 0. The third-order valence-electron chi connectivity index (χ3n) is 2.88. The summed E-state index contributed by atoms with van der Waals surface area (Å²) < 4.78 is 6.83. The maximum Gasteiger partial charge on any atom is 0.343 e. The molecule has 0 aliphatic rings. The van der Waals surface area contributed by atoms with E-state index in [1.54, 1.807) is 4.57 Å². The molecule has 6 nitrogen and oxygen atoms in total. The van der Waals surface area contributed by atoms with E-state index in [1.807, 2.05) is 30.3 Å². The zero-order chi connectivity index (χ0) is 14.9. The lowest BCUT2D eigenvalue weighted by Gasteiger charge is -2.06. The Bertz CT molecular complexity index is 583. The summed E-state index contributed by atoms with van der Waals surface area (Å²) in [6.45, 7) is 1.47. The fourth-order valence-electron chi connectivity index (χ4n) is 1.85. The summed E-state index contributed by atoms with van der Waals surface area (Å²) >= 11 is 1.47. The maximum atomic E-state index is 11.8. The number of hydrogen-bond donors (Lipinski definition) is 2. The molecule has 0 saturated heterocycles. The van der Waals surface area contributed by atoms with Crippen LogP contribution in [-0.4, -0.2) is 45.4 Å². The molecule has 114 valence electrons. The fraction of sp³-hybridized carbons (Fsp3) is 0.429. The van der Waals surface area contributed by atoms with Crippen LogP contribution in [0, 0.1) is 0 Å². The van der Waals surface area contributed by atoms with E-state index in [0.717, 1.165) is 6.42 Å². The Balaban J connectivity index is 1.87. The zero-order valence-corrected chi connectivity index (χ0v) is 12.5. The topological polar surface area (TPSA) is 80.1 Å². The SMILES string of the molecule is O=c1[nH]nc(SCCOCCO)n1CCc1ccccc1. The minimum Gasteiger partial charge on any atom is -0.394 e. The predicted molar refractivity (Wildman–Crippen MR) is 81.6 cm³/mol. The molecule has 0 spiro atoms. The molecule has 21 heavy (non-hydrogen) atoms. The van der Waals surface area contributed by atoms with Gasteiger partial charge in [-0.15, -0.1) is 5.10 Å². The monoisotopic (exact) mass is 309 g/mol. The second-order valence-corrected chi connectivity index (χ2v) is 5.45. The van der Waals surface area contributed by atoms with Crippen LogP contribution >= 0.6 is 11.8 Å². The summed E-state index contributed by atoms with van der Waals surface area (Å²) in [6, 6.07) is 10.0. The first-order valence-electron chi connectivity index (χ1n) is 6.82. The molecule has 2 rings (SSSR count). The number of aliphatic hydroxyl groups excluding tert-OH is 1. The smallest absolute Gasteiger partial charge is 0.343 e. The first-order chi connectivity index (χ1) is 10.3. The molecule has 0 aliphatic carbocycles. The van der Waals surface area contributed by atoms with E-state index in [-0.39, 0.29) is 12.3 Å². The van der Waals surface area contributed by atoms with Crippen LogP contribution in [0.5, 0.6) is 0 Å². The van der Waals surface area contributed by atoms with Crippen molar-refractivity contribution in [1.29, 1.82) is 0 Å². The van der Waals surface area contributed by atoms with E-state index in [1.165, 1.54) is 17.3 Å². The van der Waals surface area contributed by atoms with Crippen LogP contribution in [0.25, 0.3) is 0 Å². The summed E-state index contributed by atoms with van der Waals surface area (Å²) in [5.41, 5.74) is 0.998. The molecule has 0 atom stereocenters. The molecular formula is C14H19N3O3S. The molecule has 2 N–H and O–H groups in total. The van der Waals surface area contributed by atoms with Gasteiger partial charge in [0.1, 0.15) is 0 Å². The number of hydrogen-bond acceptors (Lipinski definition) is 5. The van der Waals surface area contributed by atoms with Gasteiger partial charge in [0.05, 0.1) is 19.8 Å². The van der Waals surface area contributed by atoms with Crippen LogP contribution < -0.4 is 5.69 Å². The van der Waals surface area contributed by atoms with Crippen LogP contribution in [-0.2, 0) is 17.7 Å². The molecule has 7 heteroatoms. The number of H-pyrrole nitrogens is 1. The summed E-state index contributed by atoms with van der Waals surface area (Å²) in [5, 5.41) is 15.8. The second kappa shape index (κ2) is 8.66. The Morgan fingerprint density at radius 3 is 2.86 bits per heavy atom. The van der Waals surface area contributed by atoms with Crippen molar-refractivity contribution in [2.75, 3.05) is 25.6 Å². The highest BCUT2D eigenvalue weighted by atomic mass is 32.2. The zero-order valence-electron chi connectivity index (χ0n) is 11.7. The summed E-state index contributed by atoms with van der Waals surface area (Å²) in [6.07, 6.45) is 0.787. The summed E-state index contributed by atoms with van der Waals surface area (Å²) in [5.74, 6) is 0.690. The lowest BCUT2D eigenvalue weighted by molar-refractivity contribution is 0.103. The van der Waals surface area contributed by atoms with Crippen LogP contribution in [0.2, 0.25) is 0 Å². The Morgan fingerprint density at radius 2 is 2.10 bits per heavy atom. The van der Waals surface area contributed by atoms with E-state index in [0.29, 0.717) is 30.7 Å². The van der Waals surface area contributed by atoms with Crippen molar-refractivity contribution in [3.05, 3.63) is 46.4 Å². The molecular weight excluding hydrogens is 290 g/mol. The maximum absolute atomic E-state index is 11.8. The Morgan fingerprint density at radius 1 is 1.29 bits per heavy atom. The minimum absolute atomic E-state index is 0.0227. The largest absolute Gasteiger partial charge is 0.394 e. The average molecular weight is 309 g/mol. The van der Waals surface area contributed by atoms with Gasteiger partial charge >= 0.3 is 5.69 Å². The lowest BCUT2D eigenvalue weighted by atomic mass is 10.1. The molecule has 1 aromatic carbocycles. The van der Waals surface area contributed by atoms with Gasteiger partial charge in [-0.2, -0.15) is 0 Å². The van der Waals surface area contributed by atoms with Gasteiger partial charge < -0.3 is 9.84 Å². The molecule has 0 fully saturated rings. The third-order valence-corrected chi connectivity index (χ3v) is 3.83.